The number of aromatic hydroxyl groups is 1. The fraction of sp³-hybridized carbons (Fsp3) is 0.348. The quantitative estimate of drug-likeness (QED) is 0.668. The van der Waals surface area contributed by atoms with E-state index in [0.717, 1.165) is 16.8 Å². The fourth-order valence-electron chi connectivity index (χ4n) is 4.55. The lowest BCUT2D eigenvalue weighted by atomic mass is 9.99. The van der Waals surface area contributed by atoms with Gasteiger partial charge in [0.25, 0.3) is 0 Å². The van der Waals surface area contributed by atoms with Gasteiger partial charge in [0.15, 0.2) is 0 Å². The van der Waals surface area contributed by atoms with E-state index in [-0.39, 0.29) is 23.9 Å². The first kappa shape index (κ1) is 20.2. The second kappa shape index (κ2) is 7.74. The van der Waals surface area contributed by atoms with Crippen LogP contribution in [0.25, 0.3) is 22.3 Å². The van der Waals surface area contributed by atoms with Crippen molar-refractivity contribution in [1.29, 1.82) is 0 Å². The molecule has 0 spiro atoms. The van der Waals surface area contributed by atoms with Crippen LogP contribution < -0.4 is 4.90 Å². The lowest BCUT2D eigenvalue weighted by molar-refractivity contribution is -0.129. The van der Waals surface area contributed by atoms with Gasteiger partial charge in [-0.05, 0) is 31.0 Å². The van der Waals surface area contributed by atoms with Crippen molar-refractivity contribution in [3.63, 3.8) is 0 Å². The number of hydrogen-bond acceptors (Lipinski definition) is 6. The summed E-state index contributed by atoms with van der Waals surface area (Å²) < 4.78 is 0. The second-order valence-corrected chi connectivity index (χ2v) is 8.35. The Morgan fingerprint density at radius 1 is 1.09 bits per heavy atom. The first-order valence-corrected chi connectivity index (χ1v) is 10.7. The maximum atomic E-state index is 13.3. The molecule has 1 fully saturated rings. The van der Waals surface area contributed by atoms with Gasteiger partial charge in [-0.1, -0.05) is 0 Å². The summed E-state index contributed by atoms with van der Waals surface area (Å²) in [6.07, 6.45) is 4.82. The third kappa shape index (κ3) is 3.39. The van der Waals surface area contributed by atoms with E-state index in [1.165, 1.54) is 6.07 Å². The molecule has 0 aromatic carbocycles. The number of carbonyl (C=O) groups excluding carboxylic acids is 2. The van der Waals surface area contributed by atoms with Crippen LogP contribution in [0.4, 0.5) is 10.5 Å². The van der Waals surface area contributed by atoms with E-state index in [1.54, 1.807) is 31.1 Å². The summed E-state index contributed by atoms with van der Waals surface area (Å²) in [4.78, 5) is 43.9. The Morgan fingerprint density at radius 3 is 2.56 bits per heavy atom. The highest BCUT2D eigenvalue weighted by molar-refractivity contribution is 6.04. The van der Waals surface area contributed by atoms with Crippen LogP contribution in [0.15, 0.2) is 36.7 Å². The number of carbonyl (C=O) groups is 2. The molecule has 164 valence electrons. The Bertz CT molecular complexity index is 1200. The maximum Gasteiger partial charge on any atom is 0.324 e. The highest BCUT2D eigenvalue weighted by Gasteiger charge is 2.37. The molecule has 2 aliphatic rings. The Hall–Kier alpha value is -3.75. The number of anilines is 1. The highest BCUT2D eigenvalue weighted by Crippen LogP contribution is 2.37. The van der Waals surface area contributed by atoms with Crippen LogP contribution in [0.1, 0.15) is 25.3 Å². The van der Waals surface area contributed by atoms with Gasteiger partial charge in [0.1, 0.15) is 5.52 Å². The predicted octanol–water partition coefficient (Wildman–Crippen LogP) is 2.78. The van der Waals surface area contributed by atoms with Crippen molar-refractivity contribution in [2.45, 2.75) is 32.4 Å². The Balaban J connectivity index is 1.61. The van der Waals surface area contributed by atoms with Gasteiger partial charge in [-0.15, -0.1) is 0 Å². The summed E-state index contributed by atoms with van der Waals surface area (Å²) in [5, 5.41) is 9.50. The molecule has 3 amide bonds. The van der Waals surface area contributed by atoms with E-state index >= 15 is 0 Å². The third-order valence-electron chi connectivity index (χ3n) is 6.26. The topological polar surface area (TPSA) is 103 Å². The van der Waals surface area contributed by atoms with E-state index in [1.807, 2.05) is 28.1 Å². The monoisotopic (exact) mass is 432 g/mol. The summed E-state index contributed by atoms with van der Waals surface area (Å²) in [5.41, 5.74) is 4.59. The normalized spacial score (nSPS) is 17.1. The standard InChI is InChI=1S/C23H24N6O3/c1-14(30)28-9-7-17(8-10-28)29-22-16(13-27(2)23(29)32)12-24-19-5-4-18(26-21(19)22)15-3-6-20(31)25-11-15/h3-6,11-12,17H,7-10,13H2,1-2H3,(H,25,31). The minimum atomic E-state index is -0.0650. The maximum absolute atomic E-state index is 13.3. The van der Waals surface area contributed by atoms with Gasteiger partial charge in [0.05, 0.1) is 23.4 Å². The molecule has 0 saturated carbocycles. The lowest BCUT2D eigenvalue weighted by Crippen LogP contribution is -2.54. The predicted molar refractivity (Wildman–Crippen MR) is 119 cm³/mol. The van der Waals surface area contributed by atoms with Crippen LogP contribution in [-0.4, -0.2) is 68.0 Å². The number of fused-ring (bicyclic) bond motifs is 3. The van der Waals surface area contributed by atoms with Crippen molar-refractivity contribution in [3.8, 4) is 17.1 Å². The molecular formula is C23H24N6O3. The molecule has 9 heteroatoms. The van der Waals surface area contributed by atoms with E-state index in [4.69, 9.17) is 4.98 Å². The first-order chi connectivity index (χ1) is 15.4. The van der Waals surface area contributed by atoms with Crippen LogP contribution in [0.5, 0.6) is 5.88 Å². The number of nitrogens with zero attached hydrogens (tertiary/aromatic N) is 6. The zero-order chi connectivity index (χ0) is 22.4. The molecule has 0 bridgehead atoms. The van der Waals surface area contributed by atoms with Gasteiger partial charge in [-0.2, -0.15) is 0 Å². The molecule has 3 aromatic heterocycles. The summed E-state index contributed by atoms with van der Waals surface area (Å²) in [7, 11) is 1.79. The van der Waals surface area contributed by atoms with Crippen molar-refractivity contribution in [1.82, 2.24) is 24.8 Å². The Kier molecular flexibility index (Phi) is 4.88. The molecule has 0 unspecified atom stereocenters. The molecular weight excluding hydrogens is 408 g/mol. The molecule has 0 radical (unpaired) electrons. The number of likely N-dealkylation sites (tertiary alicyclic amines) is 1. The van der Waals surface area contributed by atoms with Crippen LogP contribution in [0, 0.1) is 0 Å². The zero-order valence-electron chi connectivity index (χ0n) is 18.0. The molecule has 1 N–H and O–H groups in total. The average Bonchev–Trinajstić information content (AvgIpc) is 2.80. The summed E-state index contributed by atoms with van der Waals surface area (Å²) in [5.74, 6) is 0.0136. The van der Waals surface area contributed by atoms with Gasteiger partial charge < -0.3 is 14.9 Å². The van der Waals surface area contributed by atoms with E-state index in [9.17, 15) is 14.7 Å². The number of hydrogen-bond donors (Lipinski definition) is 1. The van der Waals surface area contributed by atoms with Gasteiger partial charge in [-0.3, -0.25) is 14.7 Å². The van der Waals surface area contributed by atoms with Gasteiger partial charge in [0.2, 0.25) is 11.8 Å². The van der Waals surface area contributed by atoms with Crippen LogP contribution in [0.3, 0.4) is 0 Å². The molecule has 32 heavy (non-hydrogen) atoms. The van der Waals surface area contributed by atoms with Crippen LogP contribution in [-0.2, 0) is 11.3 Å². The number of aromatic nitrogens is 3. The summed E-state index contributed by atoms with van der Waals surface area (Å²) in [6, 6.07) is 6.95. The van der Waals surface area contributed by atoms with Crippen LogP contribution in [0.2, 0.25) is 0 Å². The zero-order valence-corrected chi connectivity index (χ0v) is 18.0. The number of urea groups is 1. The van der Waals surface area contributed by atoms with Gasteiger partial charge in [0, 0.05) is 62.7 Å². The van der Waals surface area contributed by atoms with Gasteiger partial charge in [-0.25, -0.2) is 14.8 Å². The minimum Gasteiger partial charge on any atom is -0.493 e. The average molecular weight is 432 g/mol. The fourth-order valence-corrected chi connectivity index (χ4v) is 4.55. The van der Waals surface area contributed by atoms with Crippen molar-refractivity contribution >= 4 is 28.7 Å². The number of pyridine rings is 3. The number of piperidine rings is 1. The molecule has 5 rings (SSSR count). The first-order valence-electron chi connectivity index (χ1n) is 10.7. The summed E-state index contributed by atoms with van der Waals surface area (Å²) >= 11 is 0. The largest absolute Gasteiger partial charge is 0.493 e. The summed E-state index contributed by atoms with van der Waals surface area (Å²) in [6.45, 7) is 3.30. The second-order valence-electron chi connectivity index (χ2n) is 8.35. The third-order valence-corrected chi connectivity index (χ3v) is 6.26. The van der Waals surface area contributed by atoms with E-state index in [2.05, 4.69) is 9.97 Å². The molecule has 2 aliphatic heterocycles. The van der Waals surface area contributed by atoms with Crippen molar-refractivity contribution in [3.05, 3.63) is 42.2 Å². The highest BCUT2D eigenvalue weighted by atomic mass is 16.3. The van der Waals surface area contributed by atoms with Crippen molar-refractivity contribution < 1.29 is 14.7 Å². The molecule has 3 aromatic rings. The van der Waals surface area contributed by atoms with E-state index in [0.29, 0.717) is 49.2 Å². The minimum absolute atomic E-state index is 0.0222. The smallest absolute Gasteiger partial charge is 0.324 e. The lowest BCUT2D eigenvalue weighted by Gasteiger charge is -2.43. The van der Waals surface area contributed by atoms with Crippen LogP contribution >= 0.6 is 0 Å². The Labute approximate surface area is 185 Å². The Morgan fingerprint density at radius 2 is 1.88 bits per heavy atom. The van der Waals surface area contributed by atoms with Crippen molar-refractivity contribution in [2.24, 2.45) is 0 Å². The molecule has 0 atom stereocenters. The number of rotatable bonds is 2. The van der Waals surface area contributed by atoms with Gasteiger partial charge >= 0.3 is 6.03 Å². The molecule has 9 nitrogen and oxygen atoms in total. The molecule has 5 heterocycles. The van der Waals surface area contributed by atoms with E-state index < -0.39 is 0 Å². The number of amides is 3. The molecule has 1 saturated heterocycles. The SMILES string of the molecule is CC(=O)N1CCC(N2C(=O)N(C)Cc3cnc4ccc(-c5ccc(O)nc5)nc4c32)CC1. The van der Waals surface area contributed by atoms with Crippen molar-refractivity contribution in [2.75, 3.05) is 25.0 Å². The molecule has 0 aliphatic carbocycles.